The molecule has 29 heavy (non-hydrogen) atoms. The van der Waals surface area contributed by atoms with Crippen LogP contribution in [0.5, 0.6) is 0 Å². The summed E-state index contributed by atoms with van der Waals surface area (Å²) in [6.07, 6.45) is 5.97. The second kappa shape index (κ2) is 9.17. The number of nitrogens with zero attached hydrogens (tertiary/aromatic N) is 2. The zero-order valence-electron chi connectivity index (χ0n) is 18.1. The summed E-state index contributed by atoms with van der Waals surface area (Å²) >= 11 is 0. The molecular weight excluding hydrogens is 362 g/mol. The second-order valence-corrected chi connectivity index (χ2v) is 9.68. The Kier molecular flexibility index (Phi) is 6.85. The normalized spacial score (nSPS) is 28.3. The number of carbonyl (C=O) groups excluding carboxylic acids is 1. The second-order valence-electron chi connectivity index (χ2n) is 9.68. The minimum Gasteiger partial charge on any atom is -0.444 e. The first-order valence-electron chi connectivity index (χ1n) is 11.0. The molecule has 1 heterocycles. The molecule has 2 aliphatic rings. The SMILES string of the molecule is CC(C)(C)OC(=O)NCC1CCCN(C2CCC(C#N)(c3ccccc3)CC2)C1. The molecule has 1 unspecified atom stereocenters. The summed E-state index contributed by atoms with van der Waals surface area (Å²) in [5.41, 5.74) is 0.376. The smallest absolute Gasteiger partial charge is 0.407 e. The zero-order chi connectivity index (χ0) is 20.9. The van der Waals surface area contributed by atoms with E-state index >= 15 is 0 Å². The van der Waals surface area contributed by atoms with E-state index in [1.807, 2.05) is 39.0 Å². The molecule has 0 aromatic heterocycles. The number of benzene rings is 1. The van der Waals surface area contributed by atoms with Gasteiger partial charge in [-0.2, -0.15) is 5.26 Å². The number of amides is 1. The Morgan fingerprint density at radius 3 is 2.55 bits per heavy atom. The van der Waals surface area contributed by atoms with Crippen molar-refractivity contribution >= 4 is 6.09 Å². The van der Waals surface area contributed by atoms with Crippen LogP contribution in [0.1, 0.15) is 64.9 Å². The average molecular weight is 398 g/mol. The molecular formula is C24H35N3O2. The topological polar surface area (TPSA) is 65.4 Å². The predicted molar refractivity (Wildman–Crippen MR) is 115 cm³/mol. The number of nitriles is 1. The van der Waals surface area contributed by atoms with Gasteiger partial charge in [0.2, 0.25) is 0 Å². The quantitative estimate of drug-likeness (QED) is 0.805. The fourth-order valence-corrected chi connectivity index (χ4v) is 4.82. The third-order valence-electron chi connectivity index (χ3n) is 6.35. The Morgan fingerprint density at radius 1 is 1.24 bits per heavy atom. The molecule has 5 nitrogen and oxygen atoms in total. The van der Waals surface area contributed by atoms with E-state index in [2.05, 4.69) is 28.4 Å². The lowest BCUT2D eigenvalue weighted by Gasteiger charge is -2.43. The Hall–Kier alpha value is -2.06. The van der Waals surface area contributed by atoms with Crippen LogP contribution in [-0.2, 0) is 10.2 Å². The number of hydrogen-bond donors (Lipinski definition) is 1. The van der Waals surface area contributed by atoms with Crippen molar-refractivity contribution < 1.29 is 9.53 Å². The molecule has 2 fully saturated rings. The number of ether oxygens (including phenoxy) is 1. The van der Waals surface area contributed by atoms with Crippen LogP contribution in [0.25, 0.3) is 0 Å². The molecule has 1 saturated carbocycles. The van der Waals surface area contributed by atoms with Crippen molar-refractivity contribution in [3.05, 3.63) is 35.9 Å². The molecule has 1 aromatic rings. The van der Waals surface area contributed by atoms with Gasteiger partial charge in [0, 0.05) is 19.1 Å². The van der Waals surface area contributed by atoms with Gasteiger partial charge in [-0.05, 0) is 77.3 Å². The number of alkyl carbamates (subject to hydrolysis) is 1. The maximum absolute atomic E-state index is 11.9. The monoisotopic (exact) mass is 397 g/mol. The molecule has 1 atom stereocenters. The van der Waals surface area contributed by atoms with Gasteiger partial charge in [0.1, 0.15) is 5.60 Å². The fraction of sp³-hybridized carbons (Fsp3) is 0.667. The molecule has 1 aromatic carbocycles. The molecule has 1 saturated heterocycles. The van der Waals surface area contributed by atoms with Gasteiger partial charge in [-0.15, -0.1) is 0 Å². The Morgan fingerprint density at radius 2 is 1.93 bits per heavy atom. The highest BCUT2D eigenvalue weighted by Crippen LogP contribution is 2.41. The number of hydrogen-bond acceptors (Lipinski definition) is 4. The lowest BCUT2D eigenvalue weighted by atomic mass is 9.69. The summed E-state index contributed by atoms with van der Waals surface area (Å²) in [6.45, 7) is 8.46. The lowest BCUT2D eigenvalue weighted by molar-refractivity contribution is 0.0486. The molecule has 3 rings (SSSR count). The standard InChI is InChI=1S/C24H35N3O2/c1-23(2,3)29-22(28)26-16-19-8-7-15-27(17-19)21-11-13-24(18-25,14-12-21)20-9-5-4-6-10-20/h4-6,9-10,19,21H,7-8,11-17H2,1-3H3,(H,26,28). The summed E-state index contributed by atoms with van der Waals surface area (Å²) in [4.78, 5) is 14.5. The Bertz CT molecular complexity index is 712. The third-order valence-corrected chi connectivity index (χ3v) is 6.35. The van der Waals surface area contributed by atoms with Gasteiger partial charge in [-0.1, -0.05) is 30.3 Å². The van der Waals surface area contributed by atoms with Crippen LogP contribution in [0.3, 0.4) is 0 Å². The average Bonchev–Trinajstić information content (AvgIpc) is 2.72. The number of likely N-dealkylation sites (tertiary alicyclic amines) is 1. The number of carbonyl (C=O) groups is 1. The maximum Gasteiger partial charge on any atom is 0.407 e. The van der Waals surface area contributed by atoms with Gasteiger partial charge >= 0.3 is 6.09 Å². The third kappa shape index (κ3) is 5.73. The minimum atomic E-state index is -0.462. The van der Waals surface area contributed by atoms with Crippen LogP contribution < -0.4 is 5.32 Å². The highest BCUT2D eigenvalue weighted by atomic mass is 16.6. The van der Waals surface area contributed by atoms with E-state index in [9.17, 15) is 10.1 Å². The first kappa shape index (κ1) is 21.6. The first-order chi connectivity index (χ1) is 13.8. The number of nitrogens with one attached hydrogen (secondary N) is 1. The van der Waals surface area contributed by atoms with E-state index in [4.69, 9.17) is 4.74 Å². The summed E-state index contributed by atoms with van der Waals surface area (Å²) < 4.78 is 5.35. The molecule has 158 valence electrons. The summed E-state index contributed by atoms with van der Waals surface area (Å²) in [6, 6.07) is 13.5. The van der Waals surface area contributed by atoms with Crippen molar-refractivity contribution in [3.63, 3.8) is 0 Å². The van der Waals surface area contributed by atoms with Crippen molar-refractivity contribution in [2.45, 2.75) is 76.4 Å². The van der Waals surface area contributed by atoms with Gasteiger partial charge in [-0.25, -0.2) is 4.79 Å². The van der Waals surface area contributed by atoms with Crippen molar-refractivity contribution in [2.75, 3.05) is 19.6 Å². The van der Waals surface area contributed by atoms with E-state index in [0.29, 0.717) is 18.5 Å². The van der Waals surface area contributed by atoms with Crippen molar-refractivity contribution in [1.82, 2.24) is 10.2 Å². The van der Waals surface area contributed by atoms with Crippen LogP contribution in [0, 0.1) is 17.2 Å². The van der Waals surface area contributed by atoms with E-state index < -0.39 is 5.60 Å². The van der Waals surface area contributed by atoms with Crippen LogP contribution >= 0.6 is 0 Å². The van der Waals surface area contributed by atoms with Gasteiger partial charge < -0.3 is 15.0 Å². The van der Waals surface area contributed by atoms with Crippen LogP contribution in [-0.4, -0.2) is 42.3 Å². The van der Waals surface area contributed by atoms with E-state index in [1.54, 1.807) is 0 Å². The van der Waals surface area contributed by atoms with E-state index in [1.165, 1.54) is 12.0 Å². The Labute approximate surface area is 175 Å². The summed E-state index contributed by atoms with van der Waals surface area (Å²) in [5.74, 6) is 0.466. The zero-order valence-corrected chi connectivity index (χ0v) is 18.1. The fourth-order valence-electron chi connectivity index (χ4n) is 4.82. The largest absolute Gasteiger partial charge is 0.444 e. The van der Waals surface area contributed by atoms with Gasteiger partial charge in [0.15, 0.2) is 0 Å². The van der Waals surface area contributed by atoms with Crippen LogP contribution in [0.2, 0.25) is 0 Å². The van der Waals surface area contributed by atoms with Crippen molar-refractivity contribution in [2.24, 2.45) is 5.92 Å². The van der Waals surface area contributed by atoms with E-state index in [0.717, 1.165) is 45.2 Å². The van der Waals surface area contributed by atoms with Crippen molar-refractivity contribution in [1.29, 1.82) is 5.26 Å². The molecule has 0 spiro atoms. The van der Waals surface area contributed by atoms with Gasteiger partial charge in [0.05, 0.1) is 11.5 Å². The Balaban J connectivity index is 1.51. The highest BCUT2D eigenvalue weighted by molar-refractivity contribution is 5.67. The minimum absolute atomic E-state index is 0.325. The number of rotatable bonds is 4. The predicted octanol–water partition coefficient (Wildman–Crippen LogP) is 4.63. The molecule has 5 heteroatoms. The van der Waals surface area contributed by atoms with Crippen LogP contribution in [0.15, 0.2) is 30.3 Å². The molecule has 0 bridgehead atoms. The van der Waals surface area contributed by atoms with Crippen LogP contribution in [0.4, 0.5) is 4.79 Å². The maximum atomic E-state index is 11.9. The lowest BCUT2D eigenvalue weighted by Crippen LogP contribution is -2.48. The summed E-state index contributed by atoms with van der Waals surface area (Å²) in [7, 11) is 0. The molecule has 1 aliphatic heterocycles. The van der Waals surface area contributed by atoms with Gasteiger partial charge in [-0.3, -0.25) is 0 Å². The molecule has 0 radical (unpaired) electrons. The number of piperidine rings is 1. The molecule has 1 amide bonds. The van der Waals surface area contributed by atoms with Crippen molar-refractivity contribution in [3.8, 4) is 6.07 Å². The van der Waals surface area contributed by atoms with Gasteiger partial charge in [0.25, 0.3) is 0 Å². The highest BCUT2D eigenvalue weighted by Gasteiger charge is 2.39. The molecule has 1 aliphatic carbocycles. The summed E-state index contributed by atoms with van der Waals surface area (Å²) in [5, 5.41) is 12.9. The molecule has 1 N–H and O–H groups in total. The van der Waals surface area contributed by atoms with E-state index in [-0.39, 0.29) is 11.5 Å². The first-order valence-corrected chi connectivity index (χ1v) is 11.0.